The predicted octanol–water partition coefficient (Wildman–Crippen LogP) is 0.806. The Hall–Kier alpha value is -0.900. The highest BCUT2D eigenvalue weighted by molar-refractivity contribution is 6.03. The van der Waals surface area contributed by atoms with E-state index in [4.69, 9.17) is 4.74 Å². The first-order chi connectivity index (χ1) is 6.56. The molecule has 0 aromatic heterocycles. The van der Waals surface area contributed by atoms with E-state index >= 15 is 0 Å². The van der Waals surface area contributed by atoms with E-state index in [2.05, 4.69) is 0 Å². The fourth-order valence-corrected chi connectivity index (χ4v) is 1.51. The van der Waals surface area contributed by atoms with Gasteiger partial charge in [0.15, 0.2) is 0 Å². The van der Waals surface area contributed by atoms with Crippen LogP contribution >= 0.6 is 0 Å². The average Bonchev–Trinajstić information content (AvgIpc) is 2.39. The van der Waals surface area contributed by atoms with Crippen LogP contribution in [0.15, 0.2) is 0 Å². The first-order valence-corrected chi connectivity index (χ1v) is 4.93. The Bertz CT molecular complexity index is 240. The molecule has 4 heteroatoms. The van der Waals surface area contributed by atoms with Gasteiger partial charge in [-0.1, -0.05) is 6.92 Å². The average molecular weight is 199 g/mol. The van der Waals surface area contributed by atoms with Gasteiger partial charge < -0.3 is 4.74 Å². The molecule has 80 valence electrons. The smallest absolute Gasteiger partial charge is 0.232 e. The van der Waals surface area contributed by atoms with Crippen LogP contribution in [0, 0.1) is 5.92 Å². The third kappa shape index (κ3) is 2.32. The summed E-state index contributed by atoms with van der Waals surface area (Å²) in [6.07, 6.45) is 1.16. The molecule has 0 N–H and O–H groups in total. The predicted molar refractivity (Wildman–Crippen MR) is 51.6 cm³/mol. The number of rotatable bonds is 4. The molecule has 0 radical (unpaired) electrons. The van der Waals surface area contributed by atoms with Crippen LogP contribution in [0.5, 0.6) is 0 Å². The van der Waals surface area contributed by atoms with Crippen LogP contribution in [0.1, 0.15) is 26.7 Å². The molecule has 2 unspecified atom stereocenters. The lowest BCUT2D eigenvalue weighted by atomic mass is 10.1. The number of nitrogens with zero attached hydrogens (tertiary/aromatic N) is 1. The molecule has 14 heavy (non-hydrogen) atoms. The number of carbonyl (C=O) groups excluding carboxylic acids is 2. The van der Waals surface area contributed by atoms with Gasteiger partial charge in [-0.3, -0.25) is 14.5 Å². The first-order valence-electron chi connectivity index (χ1n) is 4.93. The fraction of sp³-hybridized carbons (Fsp3) is 0.800. The number of likely N-dealkylation sites (tertiary alicyclic amines) is 1. The van der Waals surface area contributed by atoms with Crippen LogP contribution < -0.4 is 0 Å². The van der Waals surface area contributed by atoms with Crippen molar-refractivity contribution in [3.63, 3.8) is 0 Å². The molecule has 0 aliphatic carbocycles. The molecule has 4 nitrogen and oxygen atoms in total. The molecule has 2 atom stereocenters. The van der Waals surface area contributed by atoms with E-state index in [-0.39, 0.29) is 23.8 Å². The zero-order valence-electron chi connectivity index (χ0n) is 8.95. The molecule has 1 rings (SSSR count). The second-order valence-corrected chi connectivity index (χ2v) is 3.82. The molecule has 1 aliphatic heterocycles. The van der Waals surface area contributed by atoms with Crippen LogP contribution in [0.4, 0.5) is 0 Å². The lowest BCUT2D eigenvalue weighted by molar-refractivity contribution is -0.139. The Balaban J connectivity index is 2.44. The lowest BCUT2D eigenvalue weighted by Gasteiger charge is -2.16. The van der Waals surface area contributed by atoms with E-state index in [1.165, 1.54) is 4.90 Å². The van der Waals surface area contributed by atoms with Gasteiger partial charge in [-0.2, -0.15) is 0 Å². The normalized spacial score (nSPS) is 24.5. The summed E-state index contributed by atoms with van der Waals surface area (Å²) in [5.41, 5.74) is 0. The second-order valence-electron chi connectivity index (χ2n) is 3.82. The highest BCUT2D eigenvalue weighted by Gasteiger charge is 2.35. The maximum Gasteiger partial charge on any atom is 0.232 e. The summed E-state index contributed by atoms with van der Waals surface area (Å²) in [6.45, 7) is 4.20. The minimum absolute atomic E-state index is 0.0432. The van der Waals surface area contributed by atoms with Gasteiger partial charge in [0.1, 0.15) is 0 Å². The van der Waals surface area contributed by atoms with Gasteiger partial charge in [0.2, 0.25) is 11.8 Å². The van der Waals surface area contributed by atoms with Crippen LogP contribution in [0.2, 0.25) is 0 Å². The number of imide groups is 1. The van der Waals surface area contributed by atoms with Crippen LogP contribution in [-0.4, -0.2) is 36.5 Å². The molecular weight excluding hydrogens is 182 g/mol. The Morgan fingerprint density at radius 2 is 2.21 bits per heavy atom. The Morgan fingerprint density at radius 1 is 1.57 bits per heavy atom. The standard InChI is InChI=1S/C10H17NO3/c1-7-6-9(12)11(10(7)13)5-4-8(2)14-3/h7-8H,4-6H2,1-3H3. The van der Waals surface area contributed by atoms with Crippen molar-refractivity contribution in [2.75, 3.05) is 13.7 Å². The maximum atomic E-state index is 11.5. The van der Waals surface area contributed by atoms with E-state index in [1.807, 2.05) is 6.92 Å². The van der Waals surface area contributed by atoms with Crippen molar-refractivity contribution in [2.24, 2.45) is 5.92 Å². The van der Waals surface area contributed by atoms with Crippen molar-refractivity contribution < 1.29 is 14.3 Å². The molecule has 2 amide bonds. The van der Waals surface area contributed by atoms with Gasteiger partial charge in [-0.05, 0) is 13.3 Å². The number of amides is 2. The van der Waals surface area contributed by atoms with E-state index in [0.29, 0.717) is 19.4 Å². The molecule has 1 aliphatic rings. The molecule has 0 bridgehead atoms. The number of methoxy groups -OCH3 is 1. The zero-order valence-corrected chi connectivity index (χ0v) is 8.95. The topological polar surface area (TPSA) is 46.6 Å². The summed E-state index contributed by atoms with van der Waals surface area (Å²) in [6, 6.07) is 0. The quantitative estimate of drug-likeness (QED) is 0.629. The number of hydrogen-bond acceptors (Lipinski definition) is 3. The minimum Gasteiger partial charge on any atom is -0.382 e. The monoisotopic (exact) mass is 199 g/mol. The molecule has 1 saturated heterocycles. The minimum atomic E-state index is -0.139. The summed E-state index contributed by atoms with van der Waals surface area (Å²) in [5.74, 6) is -0.232. The van der Waals surface area contributed by atoms with E-state index < -0.39 is 0 Å². The highest BCUT2D eigenvalue weighted by Crippen LogP contribution is 2.19. The van der Waals surface area contributed by atoms with Crippen molar-refractivity contribution in [2.45, 2.75) is 32.8 Å². The number of hydrogen-bond donors (Lipinski definition) is 0. The van der Waals surface area contributed by atoms with E-state index in [9.17, 15) is 9.59 Å². The van der Waals surface area contributed by atoms with Crippen molar-refractivity contribution in [3.05, 3.63) is 0 Å². The SMILES string of the molecule is COC(C)CCN1C(=O)CC(C)C1=O. The van der Waals surface area contributed by atoms with Crippen LogP contribution in [0.25, 0.3) is 0 Å². The third-order valence-corrected chi connectivity index (χ3v) is 2.63. The molecule has 0 saturated carbocycles. The summed E-state index contributed by atoms with van der Waals surface area (Å²) in [5, 5.41) is 0. The Morgan fingerprint density at radius 3 is 2.64 bits per heavy atom. The summed E-state index contributed by atoms with van der Waals surface area (Å²) >= 11 is 0. The molecule has 0 aromatic rings. The van der Waals surface area contributed by atoms with Gasteiger partial charge in [-0.15, -0.1) is 0 Å². The van der Waals surface area contributed by atoms with E-state index in [1.54, 1.807) is 14.0 Å². The lowest BCUT2D eigenvalue weighted by Crippen LogP contribution is -2.32. The number of ether oxygens (including phenoxy) is 1. The van der Waals surface area contributed by atoms with Gasteiger partial charge in [0, 0.05) is 26.0 Å². The molecule has 1 fully saturated rings. The zero-order chi connectivity index (χ0) is 10.7. The Labute approximate surface area is 84.2 Å². The van der Waals surface area contributed by atoms with Gasteiger partial charge in [0.25, 0.3) is 0 Å². The summed E-state index contributed by atoms with van der Waals surface area (Å²) in [4.78, 5) is 24.2. The van der Waals surface area contributed by atoms with Crippen molar-refractivity contribution in [1.82, 2.24) is 4.90 Å². The van der Waals surface area contributed by atoms with Crippen molar-refractivity contribution >= 4 is 11.8 Å². The van der Waals surface area contributed by atoms with Crippen molar-refractivity contribution in [1.29, 1.82) is 0 Å². The van der Waals surface area contributed by atoms with Gasteiger partial charge in [0.05, 0.1) is 6.10 Å². The third-order valence-electron chi connectivity index (χ3n) is 2.63. The molecule has 0 spiro atoms. The van der Waals surface area contributed by atoms with Gasteiger partial charge >= 0.3 is 0 Å². The summed E-state index contributed by atoms with van der Waals surface area (Å²) in [7, 11) is 1.63. The van der Waals surface area contributed by atoms with Crippen LogP contribution in [0.3, 0.4) is 0 Å². The first kappa shape index (κ1) is 11.2. The Kier molecular flexibility index (Phi) is 3.63. The fourth-order valence-electron chi connectivity index (χ4n) is 1.51. The van der Waals surface area contributed by atoms with Gasteiger partial charge in [-0.25, -0.2) is 0 Å². The second kappa shape index (κ2) is 4.55. The molecule has 1 heterocycles. The highest BCUT2D eigenvalue weighted by atomic mass is 16.5. The van der Waals surface area contributed by atoms with E-state index in [0.717, 1.165) is 0 Å². The molecule has 0 aromatic carbocycles. The van der Waals surface area contributed by atoms with Crippen LogP contribution in [-0.2, 0) is 14.3 Å². The molecular formula is C10H17NO3. The summed E-state index contributed by atoms with van der Waals surface area (Å²) < 4.78 is 5.06. The maximum absolute atomic E-state index is 11.5. The largest absolute Gasteiger partial charge is 0.382 e. The van der Waals surface area contributed by atoms with Crippen molar-refractivity contribution in [3.8, 4) is 0 Å². The number of carbonyl (C=O) groups is 2.